The van der Waals surface area contributed by atoms with Gasteiger partial charge in [0.05, 0.1) is 16.7 Å². The van der Waals surface area contributed by atoms with Gasteiger partial charge in [-0.1, -0.05) is 6.92 Å². The third kappa shape index (κ3) is 4.54. The fraction of sp³-hybridized carbons (Fsp3) is 0.414. The first-order valence-corrected chi connectivity index (χ1v) is 14.4. The Morgan fingerprint density at radius 3 is 2.92 bits per heavy atom. The van der Waals surface area contributed by atoms with Gasteiger partial charge in [0.15, 0.2) is 0 Å². The van der Waals surface area contributed by atoms with Gasteiger partial charge in [-0.05, 0) is 80.6 Å². The van der Waals surface area contributed by atoms with E-state index in [4.69, 9.17) is 4.98 Å². The Bertz CT molecular complexity index is 1550. The molecular weight excluding hydrogens is 496 g/mol. The average molecular weight is 531 g/mol. The number of imidazole rings is 1. The van der Waals surface area contributed by atoms with Gasteiger partial charge in [-0.25, -0.2) is 4.98 Å². The highest BCUT2D eigenvalue weighted by Gasteiger charge is 2.33. The quantitative estimate of drug-likeness (QED) is 0.305. The molecule has 9 heteroatoms. The lowest BCUT2D eigenvalue weighted by atomic mass is 10.1. The largest absolute Gasteiger partial charge is 0.381 e. The molecule has 5 heterocycles. The fourth-order valence-corrected chi connectivity index (χ4v) is 6.99. The zero-order valence-corrected chi connectivity index (χ0v) is 23.0. The molecule has 8 nitrogen and oxygen atoms in total. The highest BCUT2D eigenvalue weighted by molar-refractivity contribution is 7.10. The van der Waals surface area contributed by atoms with Gasteiger partial charge in [-0.3, -0.25) is 14.5 Å². The van der Waals surface area contributed by atoms with Gasteiger partial charge in [0.2, 0.25) is 0 Å². The molecule has 3 aromatic heterocycles. The molecule has 3 N–H and O–H groups in total. The third-order valence-electron chi connectivity index (χ3n) is 7.98. The SMILES string of the molecule is CCN1CCC[C@@H]1CN1Cc2cc3nc(-c4c(N[C@@H](C)Cc5sccc5C)cc[nH]c4=O)[nH]c3cc2C1=O. The van der Waals surface area contributed by atoms with E-state index in [1.165, 1.54) is 16.9 Å². The summed E-state index contributed by atoms with van der Waals surface area (Å²) in [5.41, 5.74) is 5.56. The number of fused-ring (bicyclic) bond motifs is 2. The average Bonchev–Trinajstić information content (AvgIpc) is 3.66. The van der Waals surface area contributed by atoms with Crippen molar-refractivity contribution in [3.05, 3.63) is 67.8 Å². The van der Waals surface area contributed by atoms with Crippen molar-refractivity contribution in [1.29, 1.82) is 0 Å². The van der Waals surface area contributed by atoms with Crippen LogP contribution in [0.4, 0.5) is 5.69 Å². The number of likely N-dealkylation sites (N-methyl/N-ethyl adjacent to an activating group) is 1. The summed E-state index contributed by atoms with van der Waals surface area (Å²) in [5, 5.41) is 5.63. The molecule has 1 aromatic carbocycles. The molecule has 0 bridgehead atoms. The van der Waals surface area contributed by atoms with Gasteiger partial charge in [0, 0.05) is 48.2 Å². The summed E-state index contributed by atoms with van der Waals surface area (Å²) < 4.78 is 0. The topological polar surface area (TPSA) is 97.1 Å². The number of nitrogens with zero attached hydrogens (tertiary/aromatic N) is 3. The summed E-state index contributed by atoms with van der Waals surface area (Å²) in [7, 11) is 0. The van der Waals surface area contributed by atoms with E-state index in [0.717, 1.165) is 60.3 Å². The lowest BCUT2D eigenvalue weighted by molar-refractivity contribution is 0.0731. The molecule has 38 heavy (non-hydrogen) atoms. The monoisotopic (exact) mass is 530 g/mol. The Balaban J connectivity index is 1.26. The van der Waals surface area contributed by atoms with Crippen LogP contribution >= 0.6 is 11.3 Å². The summed E-state index contributed by atoms with van der Waals surface area (Å²) in [6.45, 7) is 9.96. The first kappa shape index (κ1) is 24.9. The highest BCUT2D eigenvalue weighted by Crippen LogP contribution is 2.31. The highest BCUT2D eigenvalue weighted by atomic mass is 32.1. The van der Waals surface area contributed by atoms with Crippen LogP contribution in [0.2, 0.25) is 0 Å². The van der Waals surface area contributed by atoms with Crippen LogP contribution in [0.25, 0.3) is 22.4 Å². The first-order valence-electron chi connectivity index (χ1n) is 13.5. The number of anilines is 1. The predicted molar refractivity (Wildman–Crippen MR) is 153 cm³/mol. The molecule has 6 rings (SSSR count). The standard InChI is InChI=1S/C29H34N6O2S/c1-4-34-10-5-6-20(34)16-35-15-19-13-23-24(14-21(19)29(35)37)33-27(32-23)26-22(7-9-30-28(26)36)31-18(3)12-25-17(2)8-11-38-25/h7-9,11,13-14,18,20H,4-6,10,12,15-16H2,1-3H3,(H,32,33)(H2,30,31,36)/t18-,20+/m0/s1. The van der Waals surface area contributed by atoms with Crippen LogP contribution in [-0.4, -0.2) is 62.4 Å². The van der Waals surface area contributed by atoms with E-state index < -0.39 is 0 Å². The third-order valence-corrected chi connectivity index (χ3v) is 9.03. The van der Waals surface area contributed by atoms with Gasteiger partial charge in [0.25, 0.3) is 11.5 Å². The molecule has 0 unspecified atom stereocenters. The first-order chi connectivity index (χ1) is 18.4. The normalized spacial score (nSPS) is 18.4. The number of hydrogen-bond acceptors (Lipinski definition) is 6. The van der Waals surface area contributed by atoms with Crippen LogP contribution in [-0.2, 0) is 13.0 Å². The summed E-state index contributed by atoms with van der Waals surface area (Å²) in [4.78, 5) is 43.0. The predicted octanol–water partition coefficient (Wildman–Crippen LogP) is 4.77. The molecule has 2 aliphatic heterocycles. The van der Waals surface area contributed by atoms with Crippen molar-refractivity contribution in [1.82, 2.24) is 24.8 Å². The Kier molecular flexibility index (Phi) is 6.57. The number of rotatable bonds is 8. The zero-order valence-electron chi connectivity index (χ0n) is 22.1. The van der Waals surface area contributed by atoms with Crippen LogP contribution in [0.15, 0.2) is 40.6 Å². The van der Waals surface area contributed by atoms with Gasteiger partial charge in [-0.15, -0.1) is 11.3 Å². The maximum Gasteiger partial charge on any atom is 0.261 e. The van der Waals surface area contributed by atoms with Crippen molar-refractivity contribution in [3.63, 3.8) is 0 Å². The van der Waals surface area contributed by atoms with Crippen LogP contribution in [0.1, 0.15) is 53.1 Å². The zero-order chi connectivity index (χ0) is 26.4. The molecule has 0 saturated carbocycles. The number of thiophene rings is 1. The second kappa shape index (κ2) is 10.0. The number of aromatic nitrogens is 3. The van der Waals surface area contributed by atoms with Gasteiger partial charge < -0.3 is 20.2 Å². The summed E-state index contributed by atoms with van der Waals surface area (Å²) >= 11 is 1.76. The van der Waals surface area contributed by atoms with Gasteiger partial charge >= 0.3 is 0 Å². The summed E-state index contributed by atoms with van der Waals surface area (Å²) in [6, 6.07) is 8.49. The van der Waals surface area contributed by atoms with Crippen molar-refractivity contribution in [2.75, 3.05) is 25.0 Å². The summed E-state index contributed by atoms with van der Waals surface area (Å²) in [5.74, 6) is 0.583. The molecule has 0 spiro atoms. The molecule has 1 saturated heterocycles. The smallest absolute Gasteiger partial charge is 0.261 e. The number of H-pyrrole nitrogens is 2. The minimum absolute atomic E-state index is 0.0820. The molecule has 1 fully saturated rings. The molecule has 2 atom stereocenters. The molecule has 198 valence electrons. The Morgan fingerprint density at radius 1 is 1.26 bits per heavy atom. The van der Waals surface area contributed by atoms with E-state index in [9.17, 15) is 9.59 Å². The molecule has 2 aliphatic rings. The Hall–Kier alpha value is -3.43. The second-order valence-electron chi connectivity index (χ2n) is 10.6. The van der Waals surface area contributed by atoms with Crippen molar-refractivity contribution in [2.45, 2.75) is 58.7 Å². The number of aryl methyl sites for hydroxylation is 1. The van der Waals surface area contributed by atoms with Crippen molar-refractivity contribution < 1.29 is 4.79 Å². The molecule has 0 radical (unpaired) electrons. The number of likely N-dealkylation sites (tertiary alicyclic amines) is 1. The van der Waals surface area contributed by atoms with Gasteiger partial charge in [0.1, 0.15) is 11.4 Å². The lowest BCUT2D eigenvalue weighted by Crippen LogP contribution is -2.40. The van der Waals surface area contributed by atoms with Crippen molar-refractivity contribution >= 4 is 34.0 Å². The number of benzene rings is 1. The number of hydrogen-bond donors (Lipinski definition) is 3. The molecule has 1 amide bonds. The number of aromatic amines is 2. The number of carbonyl (C=O) groups is 1. The Morgan fingerprint density at radius 2 is 2.13 bits per heavy atom. The van der Waals surface area contributed by atoms with Crippen LogP contribution in [0.5, 0.6) is 0 Å². The lowest BCUT2D eigenvalue weighted by Gasteiger charge is -2.27. The molecule has 4 aromatic rings. The van der Waals surface area contributed by atoms with E-state index in [2.05, 4.69) is 52.4 Å². The minimum Gasteiger partial charge on any atom is -0.381 e. The van der Waals surface area contributed by atoms with Crippen molar-refractivity contribution in [2.24, 2.45) is 0 Å². The van der Waals surface area contributed by atoms with Crippen LogP contribution in [0.3, 0.4) is 0 Å². The Labute approximate surface area is 226 Å². The number of nitrogens with one attached hydrogen (secondary N) is 3. The van der Waals surface area contributed by atoms with E-state index in [1.54, 1.807) is 17.5 Å². The van der Waals surface area contributed by atoms with Gasteiger partial charge in [-0.2, -0.15) is 0 Å². The number of pyridine rings is 1. The number of carbonyl (C=O) groups excluding carboxylic acids is 1. The van der Waals surface area contributed by atoms with E-state index >= 15 is 0 Å². The molecule has 0 aliphatic carbocycles. The van der Waals surface area contributed by atoms with Crippen molar-refractivity contribution in [3.8, 4) is 11.4 Å². The number of amides is 1. The van der Waals surface area contributed by atoms with E-state index in [0.29, 0.717) is 24.0 Å². The minimum atomic E-state index is -0.208. The maximum atomic E-state index is 13.3. The van der Waals surface area contributed by atoms with Crippen LogP contribution in [0, 0.1) is 6.92 Å². The maximum absolute atomic E-state index is 13.3. The summed E-state index contributed by atoms with van der Waals surface area (Å²) in [6.07, 6.45) is 4.88. The second-order valence-corrected chi connectivity index (χ2v) is 11.6. The molecular formula is C29H34N6O2S. The van der Waals surface area contributed by atoms with E-state index in [-0.39, 0.29) is 17.5 Å². The van der Waals surface area contributed by atoms with E-state index in [1.807, 2.05) is 23.1 Å². The van der Waals surface area contributed by atoms with Crippen LogP contribution < -0.4 is 10.9 Å². The fourth-order valence-electron chi connectivity index (χ4n) is 5.96.